The van der Waals surface area contributed by atoms with Gasteiger partial charge in [-0.1, -0.05) is 12.1 Å². The van der Waals surface area contributed by atoms with Crippen LogP contribution in [0.4, 0.5) is 10.1 Å². The second-order valence-corrected chi connectivity index (χ2v) is 7.26. The first-order valence-electron chi connectivity index (χ1n) is 8.50. The van der Waals surface area contributed by atoms with Crippen LogP contribution in [0.25, 0.3) is 16.1 Å². The molecule has 0 spiro atoms. The molecule has 0 aliphatic carbocycles. The van der Waals surface area contributed by atoms with Crippen LogP contribution < -0.4 is 10.1 Å². The number of ether oxygens (including phenoxy) is 1. The van der Waals surface area contributed by atoms with E-state index >= 15 is 0 Å². The maximum Gasteiger partial charge on any atom is 0.265 e. The average Bonchev–Trinajstić information content (AvgIpc) is 3.38. The van der Waals surface area contributed by atoms with Crippen LogP contribution in [0, 0.1) is 5.82 Å². The molecule has 0 unspecified atom stereocenters. The summed E-state index contributed by atoms with van der Waals surface area (Å²) in [5.41, 5.74) is 2.59. The Morgan fingerprint density at radius 2 is 2.11 bits per heavy atom. The third kappa shape index (κ3) is 2.84. The van der Waals surface area contributed by atoms with Gasteiger partial charge in [-0.05, 0) is 36.4 Å². The number of hydrogen-bond donors (Lipinski definition) is 1. The third-order valence-corrected chi connectivity index (χ3v) is 5.63. The number of nitrogens with one attached hydrogen (secondary N) is 1. The molecule has 1 amide bonds. The minimum absolute atomic E-state index is 0.260. The number of thiophene rings is 1. The van der Waals surface area contributed by atoms with E-state index in [-0.39, 0.29) is 11.6 Å². The Morgan fingerprint density at radius 1 is 1.21 bits per heavy atom. The van der Waals surface area contributed by atoms with Crippen molar-refractivity contribution in [2.45, 2.75) is 6.61 Å². The Balaban J connectivity index is 1.40. The molecule has 2 aromatic heterocycles. The molecule has 0 atom stereocenters. The Kier molecular flexibility index (Phi) is 3.91. The van der Waals surface area contributed by atoms with Gasteiger partial charge >= 0.3 is 0 Å². The first kappa shape index (κ1) is 16.6. The molecule has 4 aromatic rings. The molecule has 1 aliphatic heterocycles. The maximum atomic E-state index is 14.4. The summed E-state index contributed by atoms with van der Waals surface area (Å²) in [6.07, 6.45) is 2.74. The highest BCUT2D eigenvalue weighted by Crippen LogP contribution is 2.42. The van der Waals surface area contributed by atoms with E-state index in [4.69, 9.17) is 4.74 Å². The lowest BCUT2D eigenvalue weighted by Gasteiger charge is -2.16. The topological polar surface area (TPSA) is 69.0 Å². The van der Waals surface area contributed by atoms with Crippen molar-refractivity contribution in [1.29, 1.82) is 0 Å². The SMILES string of the molecule is O=C(Nc1ccc(-n2cncn2)c(F)c1)c1cc2c(s1)-c1ccccc1OC2. The summed E-state index contributed by atoms with van der Waals surface area (Å²) >= 11 is 1.40. The van der Waals surface area contributed by atoms with Gasteiger partial charge in [-0.25, -0.2) is 14.1 Å². The van der Waals surface area contributed by atoms with Gasteiger partial charge in [0.25, 0.3) is 5.91 Å². The number of fused-ring (bicyclic) bond motifs is 3. The third-order valence-electron chi connectivity index (χ3n) is 4.42. The fraction of sp³-hybridized carbons (Fsp3) is 0.0500. The van der Waals surface area contributed by atoms with Crippen LogP contribution >= 0.6 is 11.3 Å². The van der Waals surface area contributed by atoms with Gasteiger partial charge in [0.2, 0.25) is 0 Å². The van der Waals surface area contributed by atoms with E-state index in [0.29, 0.717) is 17.2 Å². The number of rotatable bonds is 3. The predicted octanol–water partition coefficient (Wildman–Crippen LogP) is 4.28. The zero-order valence-electron chi connectivity index (χ0n) is 14.4. The smallest absolute Gasteiger partial charge is 0.265 e. The van der Waals surface area contributed by atoms with Crippen LogP contribution in [0.3, 0.4) is 0 Å². The molecule has 0 saturated heterocycles. The quantitative estimate of drug-likeness (QED) is 0.565. The number of halogens is 1. The second-order valence-electron chi connectivity index (χ2n) is 6.21. The summed E-state index contributed by atoms with van der Waals surface area (Å²) in [6.45, 7) is 0.428. The molecule has 1 N–H and O–H groups in total. The highest BCUT2D eigenvalue weighted by atomic mass is 32.1. The molecule has 0 fully saturated rings. The summed E-state index contributed by atoms with van der Waals surface area (Å²) in [5, 5.41) is 6.66. The molecule has 1 aliphatic rings. The molecule has 8 heteroatoms. The Labute approximate surface area is 163 Å². The lowest BCUT2D eigenvalue weighted by atomic mass is 10.1. The summed E-state index contributed by atoms with van der Waals surface area (Å²) in [6, 6.07) is 14.0. The molecule has 138 valence electrons. The molecule has 0 radical (unpaired) electrons. The van der Waals surface area contributed by atoms with Crippen molar-refractivity contribution in [3.05, 3.63) is 77.4 Å². The number of benzene rings is 2. The number of anilines is 1. The Morgan fingerprint density at radius 3 is 2.93 bits per heavy atom. The van der Waals surface area contributed by atoms with Crippen molar-refractivity contribution in [2.75, 3.05) is 5.32 Å². The van der Waals surface area contributed by atoms with Crippen molar-refractivity contribution >= 4 is 22.9 Å². The summed E-state index contributed by atoms with van der Waals surface area (Å²) < 4.78 is 21.4. The van der Waals surface area contributed by atoms with E-state index < -0.39 is 5.82 Å². The molecular formula is C20H13FN4O2S. The highest BCUT2D eigenvalue weighted by molar-refractivity contribution is 7.17. The fourth-order valence-corrected chi connectivity index (χ4v) is 4.20. The lowest BCUT2D eigenvalue weighted by Crippen LogP contribution is -2.11. The number of amides is 1. The Bertz CT molecular complexity index is 1190. The van der Waals surface area contributed by atoms with Gasteiger partial charge in [-0.2, -0.15) is 5.10 Å². The van der Waals surface area contributed by atoms with Crippen LogP contribution in [0.2, 0.25) is 0 Å². The van der Waals surface area contributed by atoms with E-state index in [1.807, 2.05) is 30.3 Å². The number of aromatic nitrogens is 3. The standard InChI is InChI=1S/C20H13FN4O2S/c21-15-8-13(5-6-16(15)25-11-22-10-23-25)24-20(26)18-7-12-9-27-17-4-2-1-3-14(17)19(12)28-18/h1-8,10-11H,9H2,(H,24,26). The molecule has 28 heavy (non-hydrogen) atoms. The van der Waals surface area contributed by atoms with Crippen molar-refractivity contribution in [3.63, 3.8) is 0 Å². The second kappa shape index (κ2) is 6.58. The molecule has 6 nitrogen and oxygen atoms in total. The van der Waals surface area contributed by atoms with Crippen molar-refractivity contribution in [3.8, 4) is 21.9 Å². The van der Waals surface area contributed by atoms with Gasteiger partial charge in [-0.3, -0.25) is 4.79 Å². The Hall–Kier alpha value is -3.52. The van der Waals surface area contributed by atoms with Gasteiger partial charge in [0.1, 0.15) is 30.7 Å². The molecule has 0 saturated carbocycles. The van der Waals surface area contributed by atoms with E-state index in [2.05, 4.69) is 15.4 Å². The molecule has 0 bridgehead atoms. The highest BCUT2D eigenvalue weighted by Gasteiger charge is 2.22. The number of carbonyl (C=O) groups is 1. The molecule has 3 heterocycles. The van der Waals surface area contributed by atoms with Crippen LogP contribution in [0.15, 0.2) is 61.2 Å². The van der Waals surface area contributed by atoms with Crippen LogP contribution in [-0.2, 0) is 6.61 Å². The van der Waals surface area contributed by atoms with Crippen LogP contribution in [0.5, 0.6) is 5.75 Å². The monoisotopic (exact) mass is 392 g/mol. The minimum Gasteiger partial charge on any atom is -0.488 e. The van der Waals surface area contributed by atoms with E-state index in [9.17, 15) is 9.18 Å². The normalized spacial score (nSPS) is 12.0. The number of para-hydroxylation sites is 1. The number of carbonyl (C=O) groups excluding carboxylic acids is 1. The van der Waals surface area contributed by atoms with E-state index in [1.54, 1.807) is 12.1 Å². The summed E-state index contributed by atoms with van der Waals surface area (Å²) in [4.78, 5) is 18.1. The molecule has 2 aromatic carbocycles. The largest absolute Gasteiger partial charge is 0.488 e. The first-order chi connectivity index (χ1) is 13.7. The molecular weight excluding hydrogens is 379 g/mol. The van der Waals surface area contributed by atoms with E-state index in [1.165, 1.54) is 34.7 Å². The zero-order valence-corrected chi connectivity index (χ0v) is 15.2. The van der Waals surface area contributed by atoms with Crippen molar-refractivity contribution in [1.82, 2.24) is 14.8 Å². The van der Waals surface area contributed by atoms with Crippen LogP contribution in [-0.4, -0.2) is 20.7 Å². The summed E-state index contributed by atoms with van der Waals surface area (Å²) in [5.74, 6) is 0.0236. The maximum absolute atomic E-state index is 14.4. The van der Waals surface area contributed by atoms with Gasteiger partial charge < -0.3 is 10.1 Å². The minimum atomic E-state index is -0.504. The predicted molar refractivity (Wildman–Crippen MR) is 103 cm³/mol. The fourth-order valence-electron chi connectivity index (χ4n) is 3.11. The van der Waals surface area contributed by atoms with Gasteiger partial charge in [0.15, 0.2) is 5.82 Å². The zero-order chi connectivity index (χ0) is 19.1. The van der Waals surface area contributed by atoms with Crippen molar-refractivity contribution < 1.29 is 13.9 Å². The number of nitrogens with zero attached hydrogens (tertiary/aromatic N) is 3. The van der Waals surface area contributed by atoms with Crippen LogP contribution in [0.1, 0.15) is 15.2 Å². The average molecular weight is 392 g/mol. The molecule has 5 rings (SSSR count). The lowest BCUT2D eigenvalue weighted by molar-refractivity contribution is 0.103. The van der Waals surface area contributed by atoms with Gasteiger partial charge in [-0.15, -0.1) is 11.3 Å². The van der Waals surface area contributed by atoms with Gasteiger partial charge in [0, 0.05) is 21.7 Å². The summed E-state index contributed by atoms with van der Waals surface area (Å²) in [7, 11) is 0. The number of hydrogen-bond acceptors (Lipinski definition) is 5. The van der Waals surface area contributed by atoms with Gasteiger partial charge in [0.05, 0.1) is 4.88 Å². The van der Waals surface area contributed by atoms with Crippen molar-refractivity contribution in [2.24, 2.45) is 0 Å². The first-order valence-corrected chi connectivity index (χ1v) is 9.31. The van der Waals surface area contributed by atoms with E-state index in [0.717, 1.165) is 21.8 Å².